The lowest BCUT2D eigenvalue weighted by Gasteiger charge is -2.32. The molecule has 1 fully saturated rings. The Labute approximate surface area is 143 Å². The van der Waals surface area contributed by atoms with Crippen molar-refractivity contribution < 1.29 is 14.7 Å². The average Bonchev–Trinajstić information content (AvgIpc) is 3.14. The fourth-order valence-corrected chi connectivity index (χ4v) is 3.91. The van der Waals surface area contributed by atoms with Crippen molar-refractivity contribution in [2.24, 2.45) is 5.92 Å². The molecular weight excluding hydrogens is 302 g/mol. The highest BCUT2D eigenvalue weighted by molar-refractivity contribution is 6.09. The number of ketones is 1. The monoisotopic (exact) mass is 327 g/mol. The Balaban J connectivity index is 2.11. The minimum Gasteiger partial charge on any atom is -0.503 e. The number of hydrogen-bond acceptors (Lipinski definition) is 3. The van der Waals surface area contributed by atoms with Crippen LogP contribution in [-0.2, 0) is 9.59 Å². The van der Waals surface area contributed by atoms with Crippen molar-refractivity contribution in [3.05, 3.63) is 46.7 Å². The molecule has 1 aromatic carbocycles. The maximum atomic E-state index is 12.8. The molecule has 24 heavy (non-hydrogen) atoms. The van der Waals surface area contributed by atoms with E-state index >= 15 is 0 Å². The van der Waals surface area contributed by atoms with Gasteiger partial charge < -0.3 is 10.0 Å². The highest BCUT2D eigenvalue weighted by Crippen LogP contribution is 2.43. The second kappa shape index (κ2) is 6.42. The van der Waals surface area contributed by atoms with Crippen LogP contribution in [0.4, 0.5) is 0 Å². The molecule has 1 aromatic rings. The maximum absolute atomic E-state index is 12.8. The fourth-order valence-electron chi connectivity index (χ4n) is 3.91. The number of Topliss-reactive ketones (excluding diaryl/α,β-unsaturated/α-hetero) is 1. The van der Waals surface area contributed by atoms with Gasteiger partial charge in [-0.05, 0) is 25.3 Å². The third-order valence-electron chi connectivity index (χ3n) is 5.11. The van der Waals surface area contributed by atoms with Crippen LogP contribution >= 0.6 is 0 Å². The Bertz CT molecular complexity index is 699. The molecule has 2 aliphatic rings. The van der Waals surface area contributed by atoms with Crippen LogP contribution in [0.5, 0.6) is 0 Å². The summed E-state index contributed by atoms with van der Waals surface area (Å²) in [6, 6.07) is 7.52. The molecule has 4 heteroatoms. The number of hydrogen-bond donors (Lipinski definition) is 1. The predicted octanol–water partition coefficient (Wildman–Crippen LogP) is 3.86. The van der Waals surface area contributed by atoms with Crippen LogP contribution < -0.4 is 0 Å². The zero-order valence-corrected chi connectivity index (χ0v) is 14.6. The van der Waals surface area contributed by atoms with E-state index in [-0.39, 0.29) is 29.1 Å². The van der Waals surface area contributed by atoms with E-state index in [4.69, 9.17) is 0 Å². The second-order valence-corrected chi connectivity index (χ2v) is 7.25. The largest absolute Gasteiger partial charge is 0.503 e. The Kier molecular flexibility index (Phi) is 4.48. The van der Waals surface area contributed by atoms with Gasteiger partial charge in [-0.15, -0.1) is 0 Å². The van der Waals surface area contributed by atoms with Gasteiger partial charge in [0.15, 0.2) is 11.5 Å². The average molecular weight is 327 g/mol. The summed E-state index contributed by atoms with van der Waals surface area (Å²) in [7, 11) is 0. The van der Waals surface area contributed by atoms with Gasteiger partial charge in [-0.3, -0.25) is 9.59 Å². The van der Waals surface area contributed by atoms with Crippen molar-refractivity contribution in [3.63, 3.8) is 0 Å². The van der Waals surface area contributed by atoms with Crippen molar-refractivity contribution in [2.45, 2.75) is 58.5 Å². The fraction of sp³-hybridized carbons (Fsp3) is 0.500. The third kappa shape index (κ3) is 2.74. The van der Waals surface area contributed by atoms with E-state index < -0.39 is 11.9 Å². The molecule has 1 saturated carbocycles. The first-order valence-corrected chi connectivity index (χ1v) is 8.78. The van der Waals surface area contributed by atoms with E-state index in [2.05, 4.69) is 0 Å². The molecule has 0 spiro atoms. The summed E-state index contributed by atoms with van der Waals surface area (Å²) in [6.45, 7) is 5.60. The van der Waals surface area contributed by atoms with Gasteiger partial charge in [0.2, 0.25) is 0 Å². The minimum absolute atomic E-state index is 0.0997. The molecule has 1 unspecified atom stereocenters. The van der Waals surface area contributed by atoms with Gasteiger partial charge in [0.25, 0.3) is 5.91 Å². The van der Waals surface area contributed by atoms with E-state index in [9.17, 15) is 14.7 Å². The quantitative estimate of drug-likeness (QED) is 0.913. The van der Waals surface area contributed by atoms with Gasteiger partial charge >= 0.3 is 0 Å². The summed E-state index contributed by atoms with van der Waals surface area (Å²) in [5, 5.41) is 10.5. The van der Waals surface area contributed by atoms with Gasteiger partial charge in [-0.1, -0.05) is 56.5 Å². The summed E-state index contributed by atoms with van der Waals surface area (Å²) in [4.78, 5) is 27.3. The number of aliphatic hydroxyl groups excluding tert-OH is 1. The van der Waals surface area contributed by atoms with Crippen molar-refractivity contribution in [2.75, 3.05) is 0 Å². The van der Waals surface area contributed by atoms with E-state index in [1.807, 2.05) is 31.2 Å². The van der Waals surface area contributed by atoms with Crippen LogP contribution in [0.15, 0.2) is 35.6 Å². The van der Waals surface area contributed by atoms with Gasteiger partial charge in [0.1, 0.15) is 0 Å². The number of rotatable bonds is 4. The summed E-state index contributed by atoms with van der Waals surface area (Å²) < 4.78 is 0. The lowest BCUT2D eigenvalue weighted by atomic mass is 9.90. The first kappa shape index (κ1) is 16.7. The van der Waals surface area contributed by atoms with Gasteiger partial charge in [0.05, 0.1) is 11.6 Å². The molecule has 0 aromatic heterocycles. The molecule has 0 bridgehead atoms. The molecule has 1 amide bonds. The highest BCUT2D eigenvalue weighted by Gasteiger charge is 2.47. The summed E-state index contributed by atoms with van der Waals surface area (Å²) in [6.07, 6.45) is 4.04. The predicted molar refractivity (Wildman–Crippen MR) is 92.5 cm³/mol. The van der Waals surface area contributed by atoms with Gasteiger partial charge in [-0.25, -0.2) is 0 Å². The standard InChI is InChI=1S/C20H25NO3/c1-12(2)18(22)16-17(14-8-6-7-13(3)11-14)21(20(24)19(16)23)15-9-4-5-10-15/h6-8,11-12,15,17,23H,4-5,9-10H2,1-3H3. The van der Waals surface area contributed by atoms with Crippen LogP contribution in [0, 0.1) is 12.8 Å². The molecular formula is C20H25NO3. The number of benzene rings is 1. The molecule has 1 atom stereocenters. The number of amides is 1. The van der Waals surface area contributed by atoms with Crippen LogP contribution in [0.25, 0.3) is 0 Å². The zero-order chi connectivity index (χ0) is 17.4. The maximum Gasteiger partial charge on any atom is 0.290 e. The molecule has 1 aliphatic heterocycles. The Morgan fingerprint density at radius 3 is 2.50 bits per heavy atom. The van der Waals surface area contributed by atoms with Crippen LogP contribution in [-0.4, -0.2) is 27.7 Å². The molecule has 0 radical (unpaired) electrons. The summed E-state index contributed by atoms with van der Waals surface area (Å²) in [5.41, 5.74) is 2.25. The van der Waals surface area contributed by atoms with Gasteiger partial charge in [0, 0.05) is 12.0 Å². The van der Waals surface area contributed by atoms with E-state index in [0.717, 1.165) is 36.8 Å². The van der Waals surface area contributed by atoms with Crippen molar-refractivity contribution in [1.82, 2.24) is 4.90 Å². The lowest BCUT2D eigenvalue weighted by Crippen LogP contribution is -2.38. The molecule has 4 nitrogen and oxygen atoms in total. The molecule has 3 rings (SSSR count). The molecule has 128 valence electrons. The molecule has 1 heterocycles. The van der Waals surface area contributed by atoms with E-state index in [0.29, 0.717) is 0 Å². The van der Waals surface area contributed by atoms with Crippen LogP contribution in [0.1, 0.15) is 56.7 Å². The van der Waals surface area contributed by atoms with Crippen molar-refractivity contribution in [1.29, 1.82) is 0 Å². The Hall–Kier alpha value is -2.10. The first-order chi connectivity index (χ1) is 11.4. The topological polar surface area (TPSA) is 57.6 Å². The van der Waals surface area contributed by atoms with Crippen molar-refractivity contribution >= 4 is 11.7 Å². The lowest BCUT2D eigenvalue weighted by molar-refractivity contribution is -0.131. The number of carbonyl (C=O) groups excluding carboxylic acids is 2. The first-order valence-electron chi connectivity index (χ1n) is 8.78. The van der Waals surface area contributed by atoms with Crippen LogP contribution in [0.3, 0.4) is 0 Å². The minimum atomic E-state index is -0.463. The number of carbonyl (C=O) groups is 2. The Morgan fingerprint density at radius 2 is 1.92 bits per heavy atom. The summed E-state index contributed by atoms with van der Waals surface area (Å²) in [5.74, 6) is -1.15. The summed E-state index contributed by atoms with van der Waals surface area (Å²) >= 11 is 0. The number of aliphatic hydroxyl groups is 1. The van der Waals surface area contributed by atoms with E-state index in [1.54, 1.807) is 18.7 Å². The number of aryl methyl sites for hydroxylation is 1. The van der Waals surface area contributed by atoms with E-state index in [1.165, 1.54) is 0 Å². The third-order valence-corrected chi connectivity index (χ3v) is 5.11. The smallest absolute Gasteiger partial charge is 0.290 e. The second-order valence-electron chi connectivity index (χ2n) is 7.25. The SMILES string of the molecule is Cc1cccc(C2C(C(=O)C(C)C)=C(O)C(=O)N2C2CCCC2)c1. The molecule has 1 N–H and O–H groups in total. The normalized spacial score (nSPS) is 22.1. The highest BCUT2D eigenvalue weighted by atomic mass is 16.3. The molecule has 0 saturated heterocycles. The molecule has 1 aliphatic carbocycles. The zero-order valence-electron chi connectivity index (χ0n) is 14.6. The van der Waals surface area contributed by atoms with Crippen molar-refractivity contribution in [3.8, 4) is 0 Å². The number of nitrogens with zero attached hydrogens (tertiary/aromatic N) is 1. The Morgan fingerprint density at radius 1 is 1.25 bits per heavy atom. The van der Waals surface area contributed by atoms with Gasteiger partial charge in [-0.2, -0.15) is 0 Å². The van der Waals surface area contributed by atoms with Crippen LogP contribution in [0.2, 0.25) is 0 Å².